The molecule has 0 bridgehead atoms. The van der Waals surface area contributed by atoms with Crippen molar-refractivity contribution in [3.63, 3.8) is 0 Å². The molecule has 0 spiro atoms. The van der Waals surface area contributed by atoms with Crippen molar-refractivity contribution < 1.29 is 14.6 Å². The Morgan fingerprint density at radius 1 is 1.33 bits per heavy atom. The van der Waals surface area contributed by atoms with Crippen molar-refractivity contribution in [2.24, 2.45) is 5.92 Å². The molecule has 2 N–H and O–H groups in total. The van der Waals surface area contributed by atoms with Gasteiger partial charge in [-0.3, -0.25) is 4.79 Å². The topological polar surface area (TPSA) is 58.6 Å². The lowest BCUT2D eigenvalue weighted by molar-refractivity contribution is -0.141. The number of fused-ring (bicyclic) bond motifs is 2. The van der Waals surface area contributed by atoms with Crippen LogP contribution in [-0.4, -0.2) is 17.6 Å². The fourth-order valence-electron chi connectivity index (χ4n) is 2.35. The zero-order chi connectivity index (χ0) is 12.5. The molecule has 4 nitrogen and oxygen atoms in total. The van der Waals surface area contributed by atoms with Crippen LogP contribution in [0.25, 0.3) is 12.0 Å². The highest BCUT2D eigenvalue weighted by Crippen LogP contribution is 2.24. The second kappa shape index (κ2) is 4.22. The summed E-state index contributed by atoms with van der Waals surface area (Å²) < 4.78 is 5.38. The Labute approximate surface area is 104 Å². The number of ether oxygens (including phenoxy) is 1. The lowest BCUT2D eigenvalue weighted by Gasteiger charge is -2.24. The summed E-state index contributed by atoms with van der Waals surface area (Å²) in [5.41, 5.74) is 1.90. The summed E-state index contributed by atoms with van der Waals surface area (Å²) in [6, 6.07) is 7.91. The van der Waals surface area contributed by atoms with Gasteiger partial charge in [-0.15, -0.1) is 0 Å². The van der Waals surface area contributed by atoms with Crippen LogP contribution in [0.2, 0.25) is 0 Å². The van der Waals surface area contributed by atoms with Gasteiger partial charge in [0.25, 0.3) is 0 Å². The summed E-state index contributed by atoms with van der Waals surface area (Å²) in [6.07, 6.45) is 3.82. The standard InChI is InChI=1S/C14H13NO3/c16-14(17)10-5-11-8-18-7-9-3-1-2-4-12(9)13(11)15-6-10/h1-4,7-8,10,15H,5-6H2,(H,16,17). The highest BCUT2D eigenvalue weighted by Gasteiger charge is 2.27. The van der Waals surface area contributed by atoms with Crippen LogP contribution in [0.4, 0.5) is 0 Å². The van der Waals surface area contributed by atoms with E-state index < -0.39 is 11.9 Å². The number of carboxylic acids is 1. The van der Waals surface area contributed by atoms with E-state index in [0.717, 1.165) is 21.7 Å². The van der Waals surface area contributed by atoms with Crippen LogP contribution < -0.4 is 15.8 Å². The first-order valence-electron chi connectivity index (χ1n) is 5.87. The van der Waals surface area contributed by atoms with E-state index in [4.69, 9.17) is 9.84 Å². The zero-order valence-electron chi connectivity index (χ0n) is 9.72. The number of aliphatic carboxylic acids is 1. The number of nitrogens with one attached hydrogen (secondary N) is 1. The van der Waals surface area contributed by atoms with E-state index in [1.165, 1.54) is 0 Å². The third-order valence-corrected chi connectivity index (χ3v) is 3.30. The number of hydrogen-bond donors (Lipinski definition) is 2. The van der Waals surface area contributed by atoms with Crippen LogP contribution in [0.3, 0.4) is 0 Å². The van der Waals surface area contributed by atoms with Crippen LogP contribution in [0.1, 0.15) is 6.42 Å². The maximum Gasteiger partial charge on any atom is 0.308 e. The Hall–Kier alpha value is -2.23. The summed E-state index contributed by atoms with van der Waals surface area (Å²) >= 11 is 0. The minimum Gasteiger partial charge on any atom is -0.481 e. The van der Waals surface area contributed by atoms with E-state index in [-0.39, 0.29) is 0 Å². The minimum atomic E-state index is -0.774. The smallest absolute Gasteiger partial charge is 0.308 e. The van der Waals surface area contributed by atoms with E-state index in [9.17, 15) is 4.79 Å². The fourth-order valence-corrected chi connectivity index (χ4v) is 2.35. The molecule has 0 amide bonds. The maximum atomic E-state index is 11.0. The number of rotatable bonds is 1. The Balaban J connectivity index is 2.12. The molecule has 1 unspecified atom stereocenters. The third kappa shape index (κ3) is 1.76. The van der Waals surface area contributed by atoms with Gasteiger partial charge >= 0.3 is 5.97 Å². The highest BCUT2D eigenvalue weighted by molar-refractivity contribution is 5.75. The summed E-state index contributed by atoms with van der Waals surface area (Å²) in [7, 11) is 0. The number of hydrogen-bond acceptors (Lipinski definition) is 3. The third-order valence-electron chi connectivity index (χ3n) is 3.30. The van der Waals surface area contributed by atoms with Gasteiger partial charge in [-0.25, -0.2) is 0 Å². The number of benzene rings is 1. The SMILES string of the molecule is O=C(O)C1CNC2=c3ccccc3=COC=C2C1. The van der Waals surface area contributed by atoms with Crippen molar-refractivity contribution in [3.8, 4) is 0 Å². The number of piperidine rings is 1. The molecule has 18 heavy (non-hydrogen) atoms. The molecule has 1 aromatic rings. The van der Waals surface area contributed by atoms with E-state index in [1.54, 1.807) is 12.5 Å². The van der Waals surface area contributed by atoms with Crippen LogP contribution in [0, 0.1) is 5.92 Å². The molecule has 1 aromatic carbocycles. The molecule has 0 radical (unpaired) electrons. The largest absolute Gasteiger partial charge is 0.481 e. The van der Waals surface area contributed by atoms with Gasteiger partial charge in [0.15, 0.2) is 0 Å². The molecular formula is C14H13NO3. The Morgan fingerprint density at radius 2 is 2.17 bits per heavy atom. The average Bonchev–Trinajstić information content (AvgIpc) is 2.57. The predicted octanol–water partition coefficient (Wildman–Crippen LogP) is 0.141. The van der Waals surface area contributed by atoms with Crippen LogP contribution in [0.15, 0.2) is 36.1 Å². The van der Waals surface area contributed by atoms with Crippen molar-refractivity contribution in [1.29, 1.82) is 0 Å². The Bertz CT molecular complexity index is 645. The molecule has 2 heterocycles. The van der Waals surface area contributed by atoms with Gasteiger partial charge in [0.2, 0.25) is 0 Å². The van der Waals surface area contributed by atoms with Gasteiger partial charge in [0.1, 0.15) is 0 Å². The maximum absolute atomic E-state index is 11.0. The van der Waals surface area contributed by atoms with E-state index in [0.29, 0.717) is 13.0 Å². The van der Waals surface area contributed by atoms with E-state index in [1.807, 2.05) is 24.3 Å². The molecule has 1 atom stereocenters. The summed E-state index contributed by atoms with van der Waals surface area (Å²) in [6.45, 7) is 0.455. The molecule has 2 aliphatic rings. The fraction of sp³-hybridized carbons (Fsp3) is 0.214. The monoisotopic (exact) mass is 243 g/mol. The van der Waals surface area contributed by atoms with Crippen LogP contribution in [-0.2, 0) is 9.53 Å². The van der Waals surface area contributed by atoms with Crippen LogP contribution >= 0.6 is 0 Å². The quantitative estimate of drug-likeness (QED) is 0.736. The molecule has 0 saturated carbocycles. The normalized spacial score (nSPS) is 21.2. The molecule has 0 aromatic heterocycles. The van der Waals surface area contributed by atoms with Gasteiger partial charge in [0.05, 0.1) is 18.4 Å². The van der Waals surface area contributed by atoms with Crippen molar-refractivity contribution in [1.82, 2.24) is 5.32 Å². The lowest BCUT2D eigenvalue weighted by Crippen LogP contribution is -2.39. The van der Waals surface area contributed by atoms with E-state index in [2.05, 4.69) is 5.32 Å². The molecule has 1 fully saturated rings. The van der Waals surface area contributed by atoms with Crippen molar-refractivity contribution in [3.05, 3.63) is 46.5 Å². The summed E-state index contributed by atoms with van der Waals surface area (Å²) in [5, 5.41) is 14.3. The van der Waals surface area contributed by atoms with Crippen LogP contribution in [0.5, 0.6) is 0 Å². The number of carboxylic acid groups (broad SMARTS) is 1. The van der Waals surface area contributed by atoms with Crippen molar-refractivity contribution in [2.75, 3.05) is 6.54 Å². The Kier molecular flexibility index (Phi) is 2.55. The van der Waals surface area contributed by atoms with Crippen molar-refractivity contribution >= 4 is 17.9 Å². The molecule has 0 aliphatic carbocycles. The number of carbonyl (C=O) groups is 1. The molecule has 3 rings (SSSR count). The summed E-state index contributed by atoms with van der Waals surface area (Å²) in [4.78, 5) is 11.0. The van der Waals surface area contributed by atoms with Gasteiger partial charge in [0, 0.05) is 28.3 Å². The second-order valence-electron chi connectivity index (χ2n) is 4.48. The van der Waals surface area contributed by atoms with Gasteiger partial charge in [-0.05, 0) is 6.42 Å². The predicted molar refractivity (Wildman–Crippen MR) is 66.5 cm³/mol. The zero-order valence-corrected chi connectivity index (χ0v) is 9.72. The molecule has 2 aliphatic heterocycles. The van der Waals surface area contributed by atoms with Crippen molar-refractivity contribution in [2.45, 2.75) is 6.42 Å². The molecule has 4 heteroatoms. The average molecular weight is 243 g/mol. The highest BCUT2D eigenvalue weighted by atomic mass is 16.5. The molecular weight excluding hydrogens is 230 g/mol. The molecule has 92 valence electrons. The summed E-state index contributed by atoms with van der Waals surface area (Å²) in [5.74, 6) is -1.17. The first-order chi connectivity index (χ1) is 8.75. The second-order valence-corrected chi connectivity index (χ2v) is 4.48. The Morgan fingerprint density at radius 3 is 3.00 bits per heavy atom. The van der Waals surface area contributed by atoms with E-state index >= 15 is 0 Å². The van der Waals surface area contributed by atoms with Gasteiger partial charge < -0.3 is 15.2 Å². The van der Waals surface area contributed by atoms with Gasteiger partial charge in [-0.1, -0.05) is 24.3 Å². The lowest BCUT2D eigenvalue weighted by atomic mass is 9.92. The van der Waals surface area contributed by atoms with Gasteiger partial charge in [-0.2, -0.15) is 0 Å². The molecule has 1 saturated heterocycles. The first-order valence-corrected chi connectivity index (χ1v) is 5.87. The minimum absolute atomic E-state index is 0.395. The first kappa shape index (κ1) is 10.9.